The number of benzene rings is 2. The molecule has 2 N–H and O–H groups in total. The number of hydrogen-bond acceptors (Lipinski definition) is 7. The molecule has 1 heterocycles. The Bertz CT molecular complexity index is 1110. The summed E-state index contributed by atoms with van der Waals surface area (Å²) in [4.78, 5) is 37.1. The molecule has 1 aliphatic heterocycles. The quantitative estimate of drug-likeness (QED) is 0.321. The number of nitro benzene ring substituents is 1. The third kappa shape index (κ3) is 5.28. The van der Waals surface area contributed by atoms with Crippen LogP contribution in [-0.4, -0.2) is 36.2 Å². The van der Waals surface area contributed by atoms with Gasteiger partial charge in [-0.1, -0.05) is 30.3 Å². The Labute approximate surface area is 197 Å². The van der Waals surface area contributed by atoms with Gasteiger partial charge in [0.25, 0.3) is 0 Å². The summed E-state index contributed by atoms with van der Waals surface area (Å²) in [6, 6.07) is 10.0. The first kappa shape index (κ1) is 24.6. The number of amides is 2. The second-order valence-corrected chi connectivity index (χ2v) is 7.63. The lowest BCUT2D eigenvalue weighted by molar-refractivity contribution is -0.386. The van der Waals surface area contributed by atoms with Gasteiger partial charge in [0.05, 0.1) is 41.6 Å². The van der Waals surface area contributed by atoms with Gasteiger partial charge in [0.2, 0.25) is 5.75 Å². The normalized spacial score (nSPS) is 15.4. The van der Waals surface area contributed by atoms with Gasteiger partial charge < -0.3 is 24.8 Å². The highest BCUT2D eigenvalue weighted by atomic mass is 16.6. The lowest BCUT2D eigenvalue weighted by Gasteiger charge is -2.30. The summed E-state index contributed by atoms with van der Waals surface area (Å²) in [5, 5.41) is 17.2. The molecule has 2 amide bonds. The largest absolute Gasteiger partial charge is 0.490 e. The summed E-state index contributed by atoms with van der Waals surface area (Å²) >= 11 is 0. The third-order valence-corrected chi connectivity index (χ3v) is 4.87. The van der Waals surface area contributed by atoms with E-state index in [1.807, 2.05) is 0 Å². The van der Waals surface area contributed by atoms with Crippen LogP contribution in [-0.2, 0) is 9.53 Å². The van der Waals surface area contributed by atoms with Crippen molar-refractivity contribution < 1.29 is 28.7 Å². The van der Waals surface area contributed by atoms with Crippen LogP contribution >= 0.6 is 0 Å². The Hall–Kier alpha value is -4.08. The van der Waals surface area contributed by atoms with Crippen LogP contribution in [0.2, 0.25) is 0 Å². The number of nitro groups is 1. The van der Waals surface area contributed by atoms with E-state index in [0.717, 1.165) is 0 Å². The Kier molecular flexibility index (Phi) is 7.72. The molecule has 0 spiro atoms. The van der Waals surface area contributed by atoms with Crippen molar-refractivity contribution in [3.63, 3.8) is 0 Å². The zero-order valence-electron chi connectivity index (χ0n) is 19.4. The number of carbonyl (C=O) groups is 2. The molecule has 0 radical (unpaired) electrons. The minimum Gasteiger partial charge on any atom is -0.490 e. The molecule has 10 nitrogen and oxygen atoms in total. The van der Waals surface area contributed by atoms with Gasteiger partial charge in [-0.25, -0.2) is 9.59 Å². The van der Waals surface area contributed by atoms with Crippen molar-refractivity contribution in [3.8, 4) is 11.5 Å². The molecular formula is C24H27N3O7. The van der Waals surface area contributed by atoms with Gasteiger partial charge in [0.1, 0.15) is 0 Å². The fraction of sp³-hybridized carbons (Fsp3) is 0.333. The van der Waals surface area contributed by atoms with Crippen LogP contribution in [0.5, 0.6) is 11.5 Å². The predicted molar refractivity (Wildman–Crippen MR) is 124 cm³/mol. The molecule has 1 atom stereocenters. The maximum atomic E-state index is 13.2. The number of carbonyl (C=O) groups excluding carboxylic acids is 2. The number of nitrogens with one attached hydrogen (secondary N) is 2. The number of ether oxygens (including phenoxy) is 3. The van der Waals surface area contributed by atoms with Gasteiger partial charge in [-0.15, -0.1) is 0 Å². The minimum absolute atomic E-state index is 0.0167. The number of esters is 1. The van der Waals surface area contributed by atoms with Crippen LogP contribution in [0.3, 0.4) is 0 Å². The van der Waals surface area contributed by atoms with E-state index in [-0.39, 0.29) is 47.2 Å². The van der Waals surface area contributed by atoms with E-state index in [4.69, 9.17) is 14.2 Å². The van der Waals surface area contributed by atoms with E-state index < -0.39 is 29.1 Å². The topological polar surface area (TPSA) is 129 Å². The molecule has 2 aromatic carbocycles. The molecule has 1 aliphatic rings. The molecule has 10 heteroatoms. The zero-order valence-corrected chi connectivity index (χ0v) is 19.4. The standard InChI is InChI=1S/C24H27N3O7/c1-5-32-18-13-16(12-17(27(30)31)22(18)33-6-2)21-19(23(28)34-14(3)4)20(25-24(29)26-21)15-10-8-7-9-11-15/h7-14,21H,5-6H2,1-4H3,(H2,25,26,29). The molecule has 3 rings (SSSR count). The molecule has 0 bridgehead atoms. The van der Waals surface area contributed by atoms with Crippen LogP contribution in [0.1, 0.15) is 44.9 Å². The monoisotopic (exact) mass is 469 g/mol. The van der Waals surface area contributed by atoms with Gasteiger partial charge in [-0.05, 0) is 44.9 Å². The van der Waals surface area contributed by atoms with Crippen LogP contribution in [0, 0.1) is 10.1 Å². The summed E-state index contributed by atoms with van der Waals surface area (Å²) in [5.41, 5.74) is 0.893. The number of urea groups is 1. The zero-order chi connectivity index (χ0) is 24.8. The van der Waals surface area contributed by atoms with Crippen LogP contribution in [0.4, 0.5) is 10.5 Å². The van der Waals surface area contributed by atoms with E-state index in [2.05, 4.69) is 10.6 Å². The molecule has 0 saturated heterocycles. The van der Waals surface area contributed by atoms with Crippen LogP contribution in [0.15, 0.2) is 48.0 Å². The van der Waals surface area contributed by atoms with Crippen LogP contribution < -0.4 is 20.1 Å². The van der Waals surface area contributed by atoms with E-state index in [9.17, 15) is 19.7 Å². The second kappa shape index (κ2) is 10.7. The predicted octanol–water partition coefficient (Wildman–Crippen LogP) is 4.11. The average molecular weight is 469 g/mol. The first-order valence-corrected chi connectivity index (χ1v) is 10.9. The molecule has 0 aromatic heterocycles. The Morgan fingerprint density at radius 1 is 1.12 bits per heavy atom. The fourth-order valence-corrected chi connectivity index (χ4v) is 3.61. The number of nitrogens with zero attached hydrogens (tertiary/aromatic N) is 1. The molecule has 2 aromatic rings. The fourth-order valence-electron chi connectivity index (χ4n) is 3.61. The van der Waals surface area contributed by atoms with Crippen molar-refractivity contribution in [3.05, 3.63) is 69.3 Å². The number of rotatable bonds is 9. The lowest BCUT2D eigenvalue weighted by atomic mass is 9.92. The van der Waals surface area contributed by atoms with Crippen molar-refractivity contribution in [1.29, 1.82) is 0 Å². The maximum Gasteiger partial charge on any atom is 0.338 e. The highest BCUT2D eigenvalue weighted by molar-refractivity contribution is 6.04. The van der Waals surface area contributed by atoms with Crippen molar-refractivity contribution in [2.75, 3.05) is 13.2 Å². The van der Waals surface area contributed by atoms with Crippen molar-refractivity contribution in [2.24, 2.45) is 0 Å². The van der Waals surface area contributed by atoms with Crippen molar-refractivity contribution in [1.82, 2.24) is 10.6 Å². The van der Waals surface area contributed by atoms with Gasteiger partial charge in [-0.3, -0.25) is 10.1 Å². The van der Waals surface area contributed by atoms with E-state index >= 15 is 0 Å². The summed E-state index contributed by atoms with van der Waals surface area (Å²) in [6.07, 6.45) is -0.427. The lowest BCUT2D eigenvalue weighted by Crippen LogP contribution is -2.45. The van der Waals surface area contributed by atoms with Crippen molar-refractivity contribution >= 4 is 23.4 Å². The third-order valence-electron chi connectivity index (χ3n) is 4.87. The molecule has 34 heavy (non-hydrogen) atoms. The smallest absolute Gasteiger partial charge is 0.338 e. The molecule has 180 valence electrons. The van der Waals surface area contributed by atoms with Gasteiger partial charge >= 0.3 is 17.7 Å². The molecule has 0 saturated carbocycles. The van der Waals surface area contributed by atoms with E-state index in [0.29, 0.717) is 5.56 Å². The van der Waals surface area contributed by atoms with E-state index in [1.54, 1.807) is 58.0 Å². The first-order valence-electron chi connectivity index (χ1n) is 10.9. The minimum atomic E-state index is -1.04. The first-order chi connectivity index (χ1) is 16.3. The summed E-state index contributed by atoms with van der Waals surface area (Å²) in [5.74, 6) is -0.544. The summed E-state index contributed by atoms with van der Waals surface area (Å²) in [6.45, 7) is 7.27. The molecule has 0 fully saturated rings. The highest BCUT2D eigenvalue weighted by Crippen LogP contribution is 2.42. The molecular weight excluding hydrogens is 442 g/mol. The maximum absolute atomic E-state index is 13.2. The average Bonchev–Trinajstić information content (AvgIpc) is 2.79. The SMILES string of the molecule is CCOc1cc(C2NC(=O)NC(c3ccccc3)=C2C(=O)OC(C)C)cc([N+](=O)[O-])c1OCC. The summed E-state index contributed by atoms with van der Waals surface area (Å²) in [7, 11) is 0. The summed E-state index contributed by atoms with van der Waals surface area (Å²) < 4.78 is 16.6. The van der Waals surface area contributed by atoms with Crippen LogP contribution in [0.25, 0.3) is 5.70 Å². The Morgan fingerprint density at radius 2 is 1.79 bits per heavy atom. The number of hydrogen-bond donors (Lipinski definition) is 2. The molecule has 1 unspecified atom stereocenters. The Balaban J connectivity index is 2.27. The highest BCUT2D eigenvalue weighted by Gasteiger charge is 2.37. The van der Waals surface area contributed by atoms with Crippen molar-refractivity contribution in [2.45, 2.75) is 39.8 Å². The molecule has 0 aliphatic carbocycles. The van der Waals surface area contributed by atoms with Gasteiger partial charge in [0, 0.05) is 6.07 Å². The second-order valence-electron chi connectivity index (χ2n) is 7.63. The Morgan fingerprint density at radius 3 is 2.38 bits per heavy atom. The van der Waals surface area contributed by atoms with E-state index in [1.165, 1.54) is 12.1 Å². The van der Waals surface area contributed by atoms with Gasteiger partial charge in [0.15, 0.2) is 5.75 Å². The van der Waals surface area contributed by atoms with Gasteiger partial charge in [-0.2, -0.15) is 0 Å².